The van der Waals surface area contributed by atoms with E-state index in [-0.39, 0.29) is 12.3 Å². The molecule has 0 saturated heterocycles. The zero-order chi connectivity index (χ0) is 35.1. The summed E-state index contributed by atoms with van der Waals surface area (Å²) >= 11 is 0. The van der Waals surface area contributed by atoms with Crippen molar-refractivity contribution >= 4 is 38.5 Å². The van der Waals surface area contributed by atoms with Gasteiger partial charge in [0.2, 0.25) is 0 Å². The van der Waals surface area contributed by atoms with E-state index < -0.39 is 0 Å². The third-order valence-electron chi connectivity index (χ3n) is 10.4. The lowest BCUT2D eigenvalue weighted by Gasteiger charge is -2.33. The van der Waals surface area contributed by atoms with E-state index >= 15 is 0 Å². The van der Waals surface area contributed by atoms with Crippen molar-refractivity contribution in [1.29, 1.82) is 0 Å². The largest absolute Gasteiger partial charge is 0.456 e. The molecule has 0 radical (unpaired) electrons. The van der Waals surface area contributed by atoms with Crippen LogP contribution in [0.1, 0.15) is 29.0 Å². The number of fused-ring (bicyclic) bond motifs is 4. The zero-order valence-corrected chi connectivity index (χ0v) is 28.9. The van der Waals surface area contributed by atoms with Crippen LogP contribution in [0.15, 0.2) is 197 Å². The molecule has 9 aromatic rings. The molecular weight excluding hydrogens is 647 g/mol. The van der Waals surface area contributed by atoms with Crippen LogP contribution in [0.4, 0.5) is 0 Å². The van der Waals surface area contributed by atoms with E-state index in [0.717, 1.165) is 66.5 Å². The Morgan fingerprint density at radius 2 is 0.981 bits per heavy atom. The number of hydrogen-bond donors (Lipinski definition) is 2. The molecule has 2 N–H and O–H groups in total. The summed E-state index contributed by atoms with van der Waals surface area (Å²) in [6, 6.07) is 66.3. The van der Waals surface area contributed by atoms with Crippen LogP contribution < -0.4 is 10.6 Å². The molecular formula is C49H35N3O. The first-order valence-electron chi connectivity index (χ1n) is 18.1. The van der Waals surface area contributed by atoms with Gasteiger partial charge < -0.3 is 9.73 Å². The van der Waals surface area contributed by atoms with Crippen LogP contribution >= 0.6 is 0 Å². The summed E-state index contributed by atoms with van der Waals surface area (Å²) in [6.07, 6.45) is -0.565. The maximum Gasteiger partial charge on any atom is 0.136 e. The van der Waals surface area contributed by atoms with Crippen molar-refractivity contribution in [2.75, 3.05) is 0 Å². The summed E-state index contributed by atoms with van der Waals surface area (Å²) < 4.78 is 6.61. The minimum absolute atomic E-state index is 0.277. The molecule has 4 nitrogen and oxygen atoms in total. The van der Waals surface area contributed by atoms with Crippen molar-refractivity contribution in [1.82, 2.24) is 10.6 Å². The number of hydrogen-bond acceptors (Lipinski definition) is 4. The van der Waals surface area contributed by atoms with Gasteiger partial charge in [0, 0.05) is 21.9 Å². The molecule has 2 unspecified atom stereocenters. The molecule has 0 fully saturated rings. The number of nitrogens with zero attached hydrogens (tertiary/aromatic N) is 1. The van der Waals surface area contributed by atoms with E-state index in [0.29, 0.717) is 0 Å². The van der Waals surface area contributed by atoms with Gasteiger partial charge in [0.25, 0.3) is 0 Å². The quantitative estimate of drug-likeness (QED) is 0.184. The maximum absolute atomic E-state index is 6.61. The fraction of sp³-hybridized carbons (Fsp3) is 0.0408. The Morgan fingerprint density at radius 3 is 1.62 bits per heavy atom. The third kappa shape index (κ3) is 5.76. The zero-order valence-electron chi connectivity index (χ0n) is 28.9. The summed E-state index contributed by atoms with van der Waals surface area (Å²) in [6.45, 7) is 0. The lowest BCUT2D eigenvalue weighted by atomic mass is 9.92. The van der Waals surface area contributed by atoms with Gasteiger partial charge in [-0.1, -0.05) is 170 Å². The van der Waals surface area contributed by atoms with Gasteiger partial charge in [-0.25, -0.2) is 4.99 Å². The summed E-state index contributed by atoms with van der Waals surface area (Å²) in [7, 11) is 0. The van der Waals surface area contributed by atoms with Crippen LogP contribution in [0, 0.1) is 0 Å². The molecule has 0 aliphatic carbocycles. The SMILES string of the molecule is c1ccc(-c2ccc(-c3ccc(C4=NC(c5ccccc5)NC(c5c(-c6ccccc6)ccc6oc7cc8ccccc8cc7c56)N4)cc3)cc2)cc1. The minimum Gasteiger partial charge on any atom is -0.456 e. The van der Waals surface area contributed by atoms with Crippen molar-refractivity contribution in [2.45, 2.75) is 12.3 Å². The summed E-state index contributed by atoms with van der Waals surface area (Å²) in [5.41, 5.74) is 12.0. The topological polar surface area (TPSA) is 49.6 Å². The van der Waals surface area contributed by atoms with E-state index in [1.165, 1.54) is 22.1 Å². The summed E-state index contributed by atoms with van der Waals surface area (Å²) in [4.78, 5) is 5.29. The molecule has 8 aromatic carbocycles. The smallest absolute Gasteiger partial charge is 0.136 e. The Bertz CT molecular complexity index is 2750. The molecule has 252 valence electrons. The van der Waals surface area contributed by atoms with Gasteiger partial charge in [0.15, 0.2) is 0 Å². The Labute approximate surface area is 308 Å². The van der Waals surface area contributed by atoms with E-state index in [9.17, 15) is 0 Å². The number of benzene rings is 8. The fourth-order valence-corrected chi connectivity index (χ4v) is 7.71. The maximum atomic E-state index is 6.61. The molecule has 10 rings (SSSR count). The predicted octanol–water partition coefficient (Wildman–Crippen LogP) is 12.1. The average molecular weight is 682 g/mol. The third-order valence-corrected chi connectivity index (χ3v) is 10.4. The number of nitrogens with one attached hydrogen (secondary N) is 2. The highest BCUT2D eigenvalue weighted by atomic mass is 16.3. The van der Waals surface area contributed by atoms with Crippen LogP contribution in [-0.2, 0) is 0 Å². The van der Waals surface area contributed by atoms with Gasteiger partial charge in [-0.15, -0.1) is 0 Å². The van der Waals surface area contributed by atoms with E-state index in [1.807, 2.05) is 6.07 Å². The number of aliphatic imine (C=N–C) groups is 1. The van der Waals surface area contributed by atoms with Crippen LogP contribution in [0.5, 0.6) is 0 Å². The molecule has 2 atom stereocenters. The molecule has 0 amide bonds. The van der Waals surface area contributed by atoms with E-state index in [4.69, 9.17) is 9.41 Å². The molecule has 53 heavy (non-hydrogen) atoms. The number of amidine groups is 1. The molecule has 0 saturated carbocycles. The second kappa shape index (κ2) is 13.1. The van der Waals surface area contributed by atoms with Gasteiger partial charge in [0.1, 0.15) is 29.3 Å². The second-order valence-electron chi connectivity index (χ2n) is 13.6. The molecule has 0 spiro atoms. The minimum atomic E-state index is -0.288. The monoisotopic (exact) mass is 681 g/mol. The predicted molar refractivity (Wildman–Crippen MR) is 219 cm³/mol. The Balaban J connectivity index is 1.09. The Morgan fingerprint density at radius 1 is 0.453 bits per heavy atom. The summed E-state index contributed by atoms with van der Waals surface area (Å²) in [5, 5.41) is 12.3. The standard InChI is InChI=1S/C49H35N3O/c1-4-12-32(13-5-1)33-20-22-34(23-21-33)35-24-26-38(27-25-35)48-50-47(37-16-8-3-9-17-37)51-49(52-48)46-41(36-14-6-2-7-15-36)28-29-43-45(46)42-30-39-18-10-11-19-40(39)31-44(42)53-43/h1-31,47,49,51H,(H,50,52). The van der Waals surface area contributed by atoms with Crippen LogP contribution in [0.25, 0.3) is 66.1 Å². The van der Waals surface area contributed by atoms with Crippen LogP contribution in [0.3, 0.4) is 0 Å². The van der Waals surface area contributed by atoms with Gasteiger partial charge in [0.05, 0.1) is 0 Å². The average Bonchev–Trinajstić information content (AvgIpc) is 3.60. The van der Waals surface area contributed by atoms with Crippen LogP contribution in [-0.4, -0.2) is 5.84 Å². The number of rotatable bonds is 6. The van der Waals surface area contributed by atoms with Gasteiger partial charge >= 0.3 is 0 Å². The molecule has 0 bridgehead atoms. The normalized spacial score (nSPS) is 15.7. The summed E-state index contributed by atoms with van der Waals surface area (Å²) in [5.74, 6) is 0.836. The van der Waals surface area contributed by atoms with Gasteiger partial charge in [-0.2, -0.15) is 0 Å². The van der Waals surface area contributed by atoms with Crippen molar-refractivity contribution in [2.24, 2.45) is 4.99 Å². The lowest BCUT2D eigenvalue weighted by Crippen LogP contribution is -2.45. The van der Waals surface area contributed by atoms with Gasteiger partial charge in [-0.05, 0) is 67.9 Å². The highest BCUT2D eigenvalue weighted by Gasteiger charge is 2.30. The lowest BCUT2D eigenvalue weighted by molar-refractivity contribution is 0.411. The number of furan rings is 1. The first-order valence-corrected chi connectivity index (χ1v) is 18.1. The van der Waals surface area contributed by atoms with Crippen molar-refractivity contribution in [3.8, 4) is 33.4 Å². The van der Waals surface area contributed by atoms with Crippen molar-refractivity contribution in [3.05, 3.63) is 205 Å². The molecule has 4 heteroatoms. The van der Waals surface area contributed by atoms with Crippen molar-refractivity contribution in [3.63, 3.8) is 0 Å². The molecule has 1 aromatic heterocycles. The second-order valence-corrected chi connectivity index (χ2v) is 13.6. The fourth-order valence-electron chi connectivity index (χ4n) is 7.71. The molecule has 1 aliphatic heterocycles. The van der Waals surface area contributed by atoms with Gasteiger partial charge in [-0.3, -0.25) is 5.32 Å². The van der Waals surface area contributed by atoms with Crippen LogP contribution in [0.2, 0.25) is 0 Å². The molecule has 1 aliphatic rings. The molecule has 2 heterocycles. The highest BCUT2D eigenvalue weighted by Crippen LogP contribution is 2.42. The van der Waals surface area contributed by atoms with Crippen molar-refractivity contribution < 1.29 is 4.42 Å². The first-order chi connectivity index (χ1) is 26.2. The Hall–Kier alpha value is -6.75. The van der Waals surface area contributed by atoms with E-state index in [1.54, 1.807) is 0 Å². The Kier molecular flexibility index (Phi) is 7.67. The van der Waals surface area contributed by atoms with E-state index in [2.05, 4.69) is 193 Å². The first kappa shape index (κ1) is 31.0. The highest BCUT2D eigenvalue weighted by molar-refractivity contribution is 6.13.